The number of likely N-dealkylation sites (N-methyl/N-ethyl adjacent to an activating group) is 1. The van der Waals surface area contributed by atoms with E-state index in [1.165, 1.54) is 0 Å². The SMILES string of the molecule is CCC(CC(Cc1ccccc1)C(=O)NCC[N+](C)(C)CCC(=O)[O-])C(=O)NCCc1cnc[nH]1. The molecular weight excluding hydrogens is 446 g/mol. The highest BCUT2D eigenvalue weighted by Gasteiger charge is 2.27. The Kier molecular flexibility index (Phi) is 11.4. The third kappa shape index (κ3) is 10.7. The summed E-state index contributed by atoms with van der Waals surface area (Å²) in [6.45, 7) is 3.93. The molecule has 9 heteroatoms. The van der Waals surface area contributed by atoms with E-state index in [4.69, 9.17) is 0 Å². The summed E-state index contributed by atoms with van der Waals surface area (Å²) in [5, 5.41) is 16.8. The minimum atomic E-state index is -1.07. The van der Waals surface area contributed by atoms with E-state index < -0.39 is 5.97 Å². The molecule has 2 unspecified atom stereocenters. The third-order valence-electron chi connectivity index (χ3n) is 6.31. The van der Waals surface area contributed by atoms with Gasteiger partial charge in [-0.05, 0) is 24.8 Å². The Morgan fingerprint density at radius 3 is 2.34 bits per heavy atom. The van der Waals surface area contributed by atoms with Gasteiger partial charge >= 0.3 is 0 Å². The molecule has 0 radical (unpaired) electrons. The smallest absolute Gasteiger partial charge is 0.223 e. The number of aromatic amines is 1. The van der Waals surface area contributed by atoms with E-state index in [0.717, 1.165) is 11.3 Å². The highest BCUT2D eigenvalue weighted by atomic mass is 16.4. The molecule has 2 aromatic rings. The number of nitrogens with one attached hydrogen (secondary N) is 3. The van der Waals surface area contributed by atoms with Gasteiger partial charge in [0.15, 0.2) is 0 Å². The van der Waals surface area contributed by atoms with Crippen LogP contribution in [0.1, 0.15) is 37.4 Å². The van der Waals surface area contributed by atoms with Crippen molar-refractivity contribution in [2.24, 2.45) is 11.8 Å². The van der Waals surface area contributed by atoms with E-state index in [1.807, 2.05) is 51.4 Å². The first-order valence-corrected chi connectivity index (χ1v) is 12.3. The van der Waals surface area contributed by atoms with Gasteiger partial charge in [-0.1, -0.05) is 37.3 Å². The highest BCUT2D eigenvalue weighted by Crippen LogP contribution is 2.21. The molecule has 3 N–H and O–H groups in total. The zero-order chi connectivity index (χ0) is 25.7. The fourth-order valence-corrected chi connectivity index (χ4v) is 4.00. The number of nitrogens with zero attached hydrogens (tertiary/aromatic N) is 2. The van der Waals surface area contributed by atoms with Gasteiger partial charge in [-0.2, -0.15) is 0 Å². The number of aliphatic carboxylic acids is 1. The molecule has 192 valence electrons. The maximum atomic E-state index is 13.2. The van der Waals surface area contributed by atoms with Crippen LogP contribution in [0.25, 0.3) is 0 Å². The molecule has 2 atom stereocenters. The molecule has 0 saturated carbocycles. The van der Waals surface area contributed by atoms with Gasteiger partial charge in [0.05, 0.1) is 40.1 Å². The maximum absolute atomic E-state index is 13.2. The number of benzene rings is 1. The van der Waals surface area contributed by atoms with Gasteiger partial charge in [0.25, 0.3) is 0 Å². The van der Waals surface area contributed by atoms with E-state index in [-0.39, 0.29) is 30.1 Å². The monoisotopic (exact) mass is 485 g/mol. The summed E-state index contributed by atoms with van der Waals surface area (Å²) in [4.78, 5) is 43.8. The molecule has 1 heterocycles. The number of hydrogen-bond donors (Lipinski definition) is 3. The molecule has 1 aromatic carbocycles. The second-order valence-corrected chi connectivity index (χ2v) is 9.64. The Bertz CT molecular complexity index is 915. The molecule has 35 heavy (non-hydrogen) atoms. The van der Waals surface area contributed by atoms with Gasteiger partial charge in [0.2, 0.25) is 11.8 Å². The quantitative estimate of drug-likeness (QED) is 0.301. The van der Waals surface area contributed by atoms with E-state index in [2.05, 4.69) is 20.6 Å². The van der Waals surface area contributed by atoms with Crippen molar-refractivity contribution in [2.75, 3.05) is 40.3 Å². The van der Waals surface area contributed by atoms with Crippen molar-refractivity contribution in [3.8, 4) is 0 Å². The molecule has 0 saturated heterocycles. The first kappa shape index (κ1) is 28.0. The largest absolute Gasteiger partial charge is 0.550 e. The average Bonchev–Trinajstić information content (AvgIpc) is 3.34. The minimum absolute atomic E-state index is 0.0226. The zero-order valence-electron chi connectivity index (χ0n) is 21.1. The van der Waals surface area contributed by atoms with Crippen LogP contribution in [-0.4, -0.2) is 72.5 Å². The minimum Gasteiger partial charge on any atom is -0.550 e. The summed E-state index contributed by atoms with van der Waals surface area (Å²) in [6.07, 6.45) is 5.64. The van der Waals surface area contributed by atoms with Gasteiger partial charge in [0, 0.05) is 49.1 Å². The van der Waals surface area contributed by atoms with Crippen LogP contribution in [-0.2, 0) is 27.2 Å². The second-order valence-electron chi connectivity index (χ2n) is 9.64. The highest BCUT2D eigenvalue weighted by molar-refractivity contribution is 5.82. The van der Waals surface area contributed by atoms with Crippen molar-refractivity contribution in [3.63, 3.8) is 0 Å². The van der Waals surface area contributed by atoms with Gasteiger partial charge in [-0.15, -0.1) is 0 Å². The number of carboxylic acids is 1. The predicted octanol–water partition coefficient (Wildman–Crippen LogP) is 0.676. The lowest BCUT2D eigenvalue weighted by Gasteiger charge is -2.30. The van der Waals surface area contributed by atoms with Crippen LogP contribution < -0.4 is 15.7 Å². The average molecular weight is 486 g/mol. The molecule has 0 fully saturated rings. The molecule has 0 spiro atoms. The number of rotatable bonds is 16. The Hall–Kier alpha value is -3.20. The molecule has 9 nitrogen and oxygen atoms in total. The molecule has 2 rings (SSSR count). The van der Waals surface area contributed by atoms with Crippen molar-refractivity contribution >= 4 is 17.8 Å². The number of carboxylic acid groups (broad SMARTS) is 1. The van der Waals surface area contributed by atoms with Crippen LogP contribution in [0.5, 0.6) is 0 Å². The van der Waals surface area contributed by atoms with E-state index in [9.17, 15) is 19.5 Å². The molecule has 0 aliphatic rings. The molecule has 0 bridgehead atoms. The second kappa shape index (κ2) is 14.3. The van der Waals surface area contributed by atoms with Crippen LogP contribution in [0.3, 0.4) is 0 Å². The number of amides is 2. The lowest BCUT2D eigenvalue weighted by atomic mass is 9.87. The third-order valence-corrected chi connectivity index (χ3v) is 6.31. The molecule has 0 aliphatic heterocycles. The zero-order valence-corrected chi connectivity index (χ0v) is 21.1. The number of hydrogen-bond acceptors (Lipinski definition) is 5. The van der Waals surface area contributed by atoms with Crippen LogP contribution in [0.4, 0.5) is 0 Å². The summed E-state index contributed by atoms with van der Waals surface area (Å²) < 4.78 is 0.466. The van der Waals surface area contributed by atoms with Crippen LogP contribution in [0.15, 0.2) is 42.9 Å². The standard InChI is InChI=1S/C26H39N5O4/c1-4-21(25(34)28-12-10-23-18-27-19-30-23)17-22(16-20-8-6-5-7-9-20)26(35)29-13-15-31(2,3)14-11-24(32)33/h5-9,18-19,21-22H,4,10-17H2,1-3H3,(H3-,27,28,29,30,32,33,34,35). The van der Waals surface area contributed by atoms with Crippen molar-refractivity contribution in [3.05, 3.63) is 54.1 Å². The number of carbonyl (C=O) groups excluding carboxylic acids is 3. The number of imidazole rings is 1. The Balaban J connectivity index is 1.96. The van der Waals surface area contributed by atoms with Crippen LogP contribution in [0, 0.1) is 11.8 Å². The fraction of sp³-hybridized carbons (Fsp3) is 0.538. The summed E-state index contributed by atoms with van der Waals surface area (Å²) in [7, 11) is 3.86. The van der Waals surface area contributed by atoms with Gasteiger partial charge in [-0.3, -0.25) is 9.59 Å². The Labute approximate surface area is 207 Å². The van der Waals surface area contributed by atoms with Crippen molar-refractivity contribution in [2.45, 2.75) is 39.0 Å². The summed E-state index contributed by atoms with van der Waals surface area (Å²) >= 11 is 0. The molecule has 0 aliphatic carbocycles. The number of quaternary nitrogens is 1. The lowest BCUT2D eigenvalue weighted by Crippen LogP contribution is -2.48. The van der Waals surface area contributed by atoms with E-state index >= 15 is 0 Å². The van der Waals surface area contributed by atoms with E-state index in [0.29, 0.717) is 56.3 Å². The first-order chi connectivity index (χ1) is 16.7. The summed E-state index contributed by atoms with van der Waals surface area (Å²) in [5.74, 6) is -1.82. The topological polar surface area (TPSA) is 127 Å². The lowest BCUT2D eigenvalue weighted by molar-refractivity contribution is -0.888. The van der Waals surface area contributed by atoms with Gasteiger partial charge < -0.3 is 30.0 Å². The first-order valence-electron chi connectivity index (χ1n) is 12.3. The van der Waals surface area contributed by atoms with Gasteiger partial charge in [0.1, 0.15) is 0 Å². The van der Waals surface area contributed by atoms with Crippen molar-refractivity contribution < 1.29 is 24.0 Å². The molecular formula is C26H39N5O4. The normalized spacial score (nSPS) is 13.1. The van der Waals surface area contributed by atoms with E-state index in [1.54, 1.807) is 12.5 Å². The Morgan fingerprint density at radius 1 is 1.03 bits per heavy atom. The van der Waals surface area contributed by atoms with Crippen molar-refractivity contribution in [1.29, 1.82) is 0 Å². The van der Waals surface area contributed by atoms with Crippen LogP contribution in [0.2, 0.25) is 0 Å². The van der Waals surface area contributed by atoms with Crippen molar-refractivity contribution in [1.82, 2.24) is 20.6 Å². The van der Waals surface area contributed by atoms with Crippen LogP contribution >= 0.6 is 0 Å². The number of H-pyrrole nitrogens is 1. The number of carbonyl (C=O) groups is 3. The molecule has 1 aromatic heterocycles. The molecule has 2 amide bonds. The van der Waals surface area contributed by atoms with Gasteiger partial charge in [-0.25, -0.2) is 4.98 Å². The maximum Gasteiger partial charge on any atom is 0.223 e. The summed E-state index contributed by atoms with van der Waals surface area (Å²) in [6, 6.07) is 9.81. The fourth-order valence-electron chi connectivity index (χ4n) is 4.00. The predicted molar refractivity (Wildman–Crippen MR) is 132 cm³/mol. The summed E-state index contributed by atoms with van der Waals surface area (Å²) in [5.41, 5.74) is 2.01. The Morgan fingerprint density at radius 2 is 1.71 bits per heavy atom. The number of aromatic nitrogens is 2.